The van der Waals surface area contributed by atoms with E-state index in [4.69, 9.17) is 0 Å². The Kier molecular flexibility index (Phi) is 4.06. The predicted octanol–water partition coefficient (Wildman–Crippen LogP) is 2.66. The Morgan fingerprint density at radius 1 is 1.35 bits per heavy atom. The van der Waals surface area contributed by atoms with E-state index in [9.17, 15) is 21.6 Å². The van der Waals surface area contributed by atoms with Crippen LogP contribution in [0.1, 0.15) is 31.7 Å². The fourth-order valence-corrected chi connectivity index (χ4v) is 4.23. The molecule has 0 aliphatic carbocycles. The Bertz CT molecular complexity index is 587. The van der Waals surface area contributed by atoms with Gasteiger partial charge in [-0.05, 0) is 25.8 Å². The first-order chi connectivity index (χ1) is 9.24. The van der Waals surface area contributed by atoms with Gasteiger partial charge in [0.25, 0.3) is 0 Å². The lowest BCUT2D eigenvalue weighted by Crippen LogP contribution is -2.42. The van der Waals surface area contributed by atoms with E-state index in [1.807, 2.05) is 0 Å². The summed E-state index contributed by atoms with van der Waals surface area (Å²) >= 11 is 0. The van der Waals surface area contributed by atoms with Crippen LogP contribution in [0.2, 0.25) is 0 Å². The number of rotatable bonds is 2. The monoisotopic (exact) mass is 308 g/mol. The minimum Gasteiger partial charge on any atom is -0.263 e. The van der Waals surface area contributed by atoms with Gasteiger partial charge in [-0.1, -0.05) is 6.42 Å². The molecule has 1 saturated heterocycles. The lowest BCUT2D eigenvalue weighted by molar-refractivity contribution is -0.140. The number of sulfonamides is 1. The van der Waals surface area contributed by atoms with Gasteiger partial charge in [0.2, 0.25) is 10.0 Å². The number of alkyl halides is 3. The summed E-state index contributed by atoms with van der Waals surface area (Å²) in [5.74, 6) is 0. The van der Waals surface area contributed by atoms with E-state index < -0.39 is 26.7 Å². The first kappa shape index (κ1) is 15.2. The van der Waals surface area contributed by atoms with E-state index in [2.05, 4.69) is 4.98 Å². The Morgan fingerprint density at radius 3 is 2.65 bits per heavy atom. The molecule has 4 nitrogen and oxygen atoms in total. The molecule has 8 heteroatoms. The Labute approximate surface area is 115 Å². The SMILES string of the molecule is CC1CCCCN1S(=O)(=O)c1cnccc1C(F)(F)F. The molecule has 112 valence electrons. The van der Waals surface area contributed by atoms with Crippen LogP contribution in [0.3, 0.4) is 0 Å². The van der Waals surface area contributed by atoms with Gasteiger partial charge in [0.1, 0.15) is 4.90 Å². The van der Waals surface area contributed by atoms with Crippen LogP contribution < -0.4 is 0 Å². The molecule has 1 aromatic rings. The van der Waals surface area contributed by atoms with Gasteiger partial charge < -0.3 is 0 Å². The topological polar surface area (TPSA) is 50.3 Å². The summed E-state index contributed by atoms with van der Waals surface area (Å²) in [6.45, 7) is 1.95. The van der Waals surface area contributed by atoms with Crippen LogP contribution in [0.5, 0.6) is 0 Å². The zero-order valence-corrected chi connectivity index (χ0v) is 11.7. The van der Waals surface area contributed by atoms with Gasteiger partial charge in [0.05, 0.1) is 5.56 Å². The minimum absolute atomic E-state index is 0.246. The van der Waals surface area contributed by atoms with Crippen LogP contribution in [-0.4, -0.2) is 30.3 Å². The molecule has 1 aliphatic rings. The number of aromatic nitrogens is 1. The van der Waals surface area contributed by atoms with Gasteiger partial charge in [0.15, 0.2) is 0 Å². The fraction of sp³-hybridized carbons (Fsp3) is 0.583. The molecule has 2 heterocycles. The van der Waals surface area contributed by atoms with Crippen molar-refractivity contribution in [1.82, 2.24) is 9.29 Å². The third kappa shape index (κ3) is 2.80. The molecular weight excluding hydrogens is 293 g/mol. The van der Waals surface area contributed by atoms with E-state index in [1.165, 1.54) is 0 Å². The van der Waals surface area contributed by atoms with E-state index in [-0.39, 0.29) is 12.6 Å². The zero-order chi connectivity index (χ0) is 15.0. The lowest BCUT2D eigenvalue weighted by atomic mass is 10.1. The molecule has 0 saturated carbocycles. The maximum absolute atomic E-state index is 12.9. The molecule has 1 aliphatic heterocycles. The molecule has 0 spiro atoms. The lowest BCUT2D eigenvalue weighted by Gasteiger charge is -2.32. The molecule has 1 aromatic heterocycles. The maximum Gasteiger partial charge on any atom is 0.417 e. The van der Waals surface area contributed by atoms with E-state index in [0.717, 1.165) is 23.1 Å². The van der Waals surface area contributed by atoms with Crippen LogP contribution >= 0.6 is 0 Å². The summed E-state index contributed by atoms with van der Waals surface area (Å²) in [5.41, 5.74) is -1.16. The van der Waals surface area contributed by atoms with Crippen molar-refractivity contribution < 1.29 is 21.6 Å². The highest BCUT2D eigenvalue weighted by Gasteiger charge is 2.40. The van der Waals surface area contributed by atoms with Crippen LogP contribution in [0.4, 0.5) is 13.2 Å². The van der Waals surface area contributed by atoms with Crippen molar-refractivity contribution in [2.24, 2.45) is 0 Å². The number of halogens is 3. The van der Waals surface area contributed by atoms with Crippen LogP contribution in [0, 0.1) is 0 Å². The second kappa shape index (κ2) is 5.33. The normalized spacial score (nSPS) is 21.9. The van der Waals surface area contributed by atoms with Gasteiger partial charge in [-0.3, -0.25) is 4.98 Å². The molecule has 2 rings (SSSR count). The Morgan fingerprint density at radius 2 is 2.05 bits per heavy atom. The second-order valence-electron chi connectivity index (χ2n) is 4.83. The Balaban J connectivity index is 2.50. The third-order valence-electron chi connectivity index (χ3n) is 3.42. The van der Waals surface area contributed by atoms with E-state index in [0.29, 0.717) is 18.9 Å². The number of hydrogen-bond acceptors (Lipinski definition) is 3. The summed E-state index contributed by atoms with van der Waals surface area (Å²) < 4.78 is 64.8. The summed E-state index contributed by atoms with van der Waals surface area (Å²) in [7, 11) is -4.17. The highest BCUT2D eigenvalue weighted by molar-refractivity contribution is 7.89. The standard InChI is InChI=1S/C12H15F3N2O2S/c1-9-4-2-3-7-17(9)20(18,19)11-8-16-6-5-10(11)12(13,14)15/h5-6,8-9H,2-4,7H2,1H3. The zero-order valence-electron chi connectivity index (χ0n) is 10.9. The predicted molar refractivity (Wildman–Crippen MR) is 66.4 cm³/mol. The molecule has 1 fully saturated rings. The first-order valence-electron chi connectivity index (χ1n) is 6.27. The molecular formula is C12H15F3N2O2S. The first-order valence-corrected chi connectivity index (χ1v) is 7.71. The molecule has 0 amide bonds. The van der Waals surface area contributed by atoms with Crippen LogP contribution in [0.15, 0.2) is 23.4 Å². The maximum atomic E-state index is 12.9. The van der Waals surface area contributed by atoms with Gasteiger partial charge in [-0.25, -0.2) is 8.42 Å². The Hall–Kier alpha value is -1.15. The molecule has 20 heavy (non-hydrogen) atoms. The highest BCUT2D eigenvalue weighted by Crippen LogP contribution is 2.35. The molecule has 1 unspecified atom stereocenters. The van der Waals surface area contributed by atoms with Crippen molar-refractivity contribution in [2.45, 2.75) is 43.3 Å². The molecule has 1 atom stereocenters. The van der Waals surface area contributed by atoms with Crippen LogP contribution in [-0.2, 0) is 16.2 Å². The average molecular weight is 308 g/mol. The largest absolute Gasteiger partial charge is 0.417 e. The number of pyridine rings is 1. The van der Waals surface area contributed by atoms with Crippen molar-refractivity contribution in [2.75, 3.05) is 6.54 Å². The van der Waals surface area contributed by atoms with E-state index >= 15 is 0 Å². The number of piperidine rings is 1. The average Bonchev–Trinajstić information content (AvgIpc) is 2.38. The van der Waals surface area contributed by atoms with Crippen molar-refractivity contribution in [3.63, 3.8) is 0 Å². The third-order valence-corrected chi connectivity index (χ3v) is 5.46. The summed E-state index contributed by atoms with van der Waals surface area (Å²) in [5, 5.41) is 0. The van der Waals surface area contributed by atoms with Crippen molar-refractivity contribution in [1.29, 1.82) is 0 Å². The molecule has 0 bridgehead atoms. The highest BCUT2D eigenvalue weighted by atomic mass is 32.2. The summed E-state index contributed by atoms with van der Waals surface area (Å²) in [6.07, 6.45) is -0.802. The summed E-state index contributed by atoms with van der Waals surface area (Å²) in [6, 6.07) is 0.400. The van der Waals surface area contributed by atoms with Gasteiger partial charge >= 0.3 is 6.18 Å². The van der Waals surface area contributed by atoms with Crippen molar-refractivity contribution in [3.05, 3.63) is 24.0 Å². The van der Waals surface area contributed by atoms with E-state index in [1.54, 1.807) is 6.92 Å². The second-order valence-corrected chi connectivity index (χ2v) is 6.69. The number of hydrogen-bond donors (Lipinski definition) is 0. The summed E-state index contributed by atoms with van der Waals surface area (Å²) in [4.78, 5) is 2.78. The smallest absolute Gasteiger partial charge is 0.263 e. The molecule has 0 aromatic carbocycles. The number of nitrogens with zero attached hydrogens (tertiary/aromatic N) is 2. The molecule has 0 radical (unpaired) electrons. The van der Waals surface area contributed by atoms with Crippen LogP contribution in [0.25, 0.3) is 0 Å². The van der Waals surface area contributed by atoms with Gasteiger partial charge in [0, 0.05) is 25.0 Å². The van der Waals surface area contributed by atoms with Crippen molar-refractivity contribution >= 4 is 10.0 Å². The van der Waals surface area contributed by atoms with Gasteiger partial charge in [-0.15, -0.1) is 0 Å². The van der Waals surface area contributed by atoms with Crippen molar-refractivity contribution in [3.8, 4) is 0 Å². The fourth-order valence-electron chi connectivity index (χ4n) is 2.37. The van der Waals surface area contributed by atoms with Gasteiger partial charge in [-0.2, -0.15) is 17.5 Å². The minimum atomic E-state index is -4.72. The quantitative estimate of drug-likeness (QED) is 0.844. The molecule has 0 N–H and O–H groups in total.